The fraction of sp³-hybridized carbons (Fsp3) is 0.333. The molecule has 0 aromatic heterocycles. The van der Waals surface area contributed by atoms with E-state index < -0.39 is 0 Å². The number of rotatable bonds is 5. The molecule has 1 unspecified atom stereocenters. The molecule has 1 aliphatic rings. The van der Waals surface area contributed by atoms with Gasteiger partial charge in [0.1, 0.15) is 5.75 Å². The van der Waals surface area contributed by atoms with Gasteiger partial charge in [-0.05, 0) is 55.5 Å². The topological polar surface area (TPSA) is 47.3 Å². The normalized spacial score (nSPS) is 15.8. The lowest BCUT2D eigenvalue weighted by Gasteiger charge is -2.20. The van der Waals surface area contributed by atoms with Crippen molar-refractivity contribution < 1.29 is 4.74 Å². The Bertz CT molecular complexity index is 618. The molecule has 3 N–H and O–H groups in total. The van der Waals surface area contributed by atoms with Gasteiger partial charge < -0.3 is 4.74 Å². The van der Waals surface area contributed by atoms with Crippen LogP contribution in [0.25, 0.3) is 0 Å². The Kier molecular flexibility index (Phi) is 3.95. The van der Waals surface area contributed by atoms with Crippen LogP contribution in [-0.4, -0.2) is 6.10 Å². The average Bonchev–Trinajstić information content (AvgIpc) is 3.27. The maximum Gasteiger partial charge on any atom is 0.119 e. The van der Waals surface area contributed by atoms with Gasteiger partial charge in [0, 0.05) is 0 Å². The molecule has 1 aliphatic carbocycles. The molecule has 2 aromatic carbocycles. The minimum absolute atomic E-state index is 0.000532. The number of aryl methyl sites for hydroxylation is 2. The summed E-state index contributed by atoms with van der Waals surface area (Å²) in [5.41, 5.74) is 7.79. The Morgan fingerprint density at radius 3 is 2.38 bits per heavy atom. The number of hydrazine groups is 1. The number of nitrogens with two attached hydrogens (primary N) is 1. The second kappa shape index (κ2) is 5.88. The zero-order valence-corrected chi connectivity index (χ0v) is 12.6. The smallest absolute Gasteiger partial charge is 0.119 e. The Balaban J connectivity index is 1.84. The first kappa shape index (κ1) is 14.1. The molecule has 21 heavy (non-hydrogen) atoms. The lowest BCUT2D eigenvalue weighted by atomic mass is 9.94. The maximum atomic E-state index is 5.79. The van der Waals surface area contributed by atoms with Crippen molar-refractivity contribution in [1.82, 2.24) is 5.43 Å². The Labute approximate surface area is 126 Å². The molecule has 3 rings (SSSR count). The molecule has 1 atom stereocenters. The van der Waals surface area contributed by atoms with Gasteiger partial charge in [-0.2, -0.15) is 0 Å². The molecule has 2 aromatic rings. The van der Waals surface area contributed by atoms with Crippen molar-refractivity contribution in [3.05, 3.63) is 64.7 Å². The van der Waals surface area contributed by atoms with Gasteiger partial charge in [0.25, 0.3) is 0 Å². The van der Waals surface area contributed by atoms with Gasteiger partial charge >= 0.3 is 0 Å². The quantitative estimate of drug-likeness (QED) is 0.652. The van der Waals surface area contributed by atoms with E-state index in [4.69, 9.17) is 10.6 Å². The van der Waals surface area contributed by atoms with Crippen LogP contribution in [0.4, 0.5) is 0 Å². The van der Waals surface area contributed by atoms with Crippen molar-refractivity contribution in [3.8, 4) is 5.75 Å². The number of hydrogen-bond acceptors (Lipinski definition) is 3. The molecule has 0 saturated heterocycles. The first-order valence-electron chi connectivity index (χ1n) is 7.47. The van der Waals surface area contributed by atoms with E-state index in [9.17, 15) is 0 Å². The van der Waals surface area contributed by atoms with Gasteiger partial charge in [0.15, 0.2) is 0 Å². The van der Waals surface area contributed by atoms with Crippen LogP contribution in [0, 0.1) is 13.8 Å². The van der Waals surface area contributed by atoms with E-state index in [1.54, 1.807) is 0 Å². The van der Waals surface area contributed by atoms with Crippen LogP contribution in [-0.2, 0) is 0 Å². The second-order valence-electron chi connectivity index (χ2n) is 5.85. The molecule has 0 aliphatic heterocycles. The summed E-state index contributed by atoms with van der Waals surface area (Å²) in [6.45, 7) is 4.23. The van der Waals surface area contributed by atoms with Crippen molar-refractivity contribution in [2.75, 3.05) is 0 Å². The molecule has 0 amide bonds. The average molecular weight is 282 g/mol. The van der Waals surface area contributed by atoms with E-state index in [-0.39, 0.29) is 6.04 Å². The third-order valence-corrected chi connectivity index (χ3v) is 3.94. The summed E-state index contributed by atoms with van der Waals surface area (Å²) >= 11 is 0. The van der Waals surface area contributed by atoms with Crippen molar-refractivity contribution in [1.29, 1.82) is 0 Å². The highest BCUT2D eigenvalue weighted by Crippen LogP contribution is 2.29. The fourth-order valence-electron chi connectivity index (χ4n) is 2.63. The molecular formula is C18H22N2O. The van der Waals surface area contributed by atoms with Crippen LogP contribution in [0.15, 0.2) is 42.5 Å². The zero-order chi connectivity index (χ0) is 14.8. The highest BCUT2D eigenvalue weighted by molar-refractivity contribution is 5.40. The molecule has 1 fully saturated rings. The first-order chi connectivity index (χ1) is 10.2. The summed E-state index contributed by atoms with van der Waals surface area (Å²) in [4.78, 5) is 0. The van der Waals surface area contributed by atoms with E-state index in [1.807, 2.05) is 12.1 Å². The molecule has 0 spiro atoms. The lowest BCUT2D eigenvalue weighted by molar-refractivity contribution is 0.303. The third-order valence-electron chi connectivity index (χ3n) is 3.94. The molecule has 0 heterocycles. The second-order valence-corrected chi connectivity index (χ2v) is 5.85. The summed E-state index contributed by atoms with van der Waals surface area (Å²) in [6, 6.07) is 14.7. The van der Waals surface area contributed by atoms with Gasteiger partial charge in [-0.25, -0.2) is 5.43 Å². The van der Waals surface area contributed by atoms with E-state index in [2.05, 4.69) is 49.6 Å². The molecule has 110 valence electrons. The number of hydrogen-bond donors (Lipinski definition) is 2. The van der Waals surface area contributed by atoms with Crippen LogP contribution < -0.4 is 16.0 Å². The van der Waals surface area contributed by atoms with Crippen molar-refractivity contribution in [2.45, 2.75) is 38.8 Å². The van der Waals surface area contributed by atoms with Gasteiger partial charge in [0.2, 0.25) is 0 Å². The summed E-state index contributed by atoms with van der Waals surface area (Å²) in [7, 11) is 0. The first-order valence-corrected chi connectivity index (χ1v) is 7.47. The van der Waals surface area contributed by atoms with E-state index in [0.717, 1.165) is 11.3 Å². The van der Waals surface area contributed by atoms with E-state index >= 15 is 0 Å². The Morgan fingerprint density at radius 1 is 1.10 bits per heavy atom. The van der Waals surface area contributed by atoms with Crippen molar-refractivity contribution in [2.24, 2.45) is 5.84 Å². The highest BCUT2D eigenvalue weighted by Gasteiger charge is 2.23. The molecule has 0 bridgehead atoms. The molecule has 3 heteroatoms. The van der Waals surface area contributed by atoms with Crippen LogP contribution in [0.2, 0.25) is 0 Å². The van der Waals surface area contributed by atoms with Gasteiger partial charge in [-0.15, -0.1) is 0 Å². The number of nitrogens with one attached hydrogen (secondary N) is 1. The van der Waals surface area contributed by atoms with E-state index in [0.29, 0.717) is 6.10 Å². The summed E-state index contributed by atoms with van der Waals surface area (Å²) in [6.07, 6.45) is 2.79. The number of ether oxygens (including phenoxy) is 1. The largest absolute Gasteiger partial charge is 0.490 e. The SMILES string of the molecule is Cc1ccc(C(NN)c2ccc(OC3CC3)cc2)c(C)c1. The van der Waals surface area contributed by atoms with Crippen LogP contribution in [0.5, 0.6) is 5.75 Å². The Morgan fingerprint density at radius 2 is 1.81 bits per heavy atom. The fourth-order valence-corrected chi connectivity index (χ4v) is 2.63. The van der Waals surface area contributed by atoms with Crippen LogP contribution in [0.1, 0.15) is 41.1 Å². The predicted molar refractivity (Wildman–Crippen MR) is 85.2 cm³/mol. The zero-order valence-electron chi connectivity index (χ0n) is 12.6. The highest BCUT2D eigenvalue weighted by atomic mass is 16.5. The predicted octanol–water partition coefficient (Wildman–Crippen LogP) is 3.40. The minimum Gasteiger partial charge on any atom is -0.490 e. The van der Waals surface area contributed by atoms with Gasteiger partial charge in [-0.1, -0.05) is 35.9 Å². The number of benzene rings is 2. The molecule has 1 saturated carbocycles. The standard InChI is InChI=1S/C18H22N2O/c1-12-3-10-17(13(2)11-12)18(20-19)14-4-6-15(7-5-14)21-16-8-9-16/h3-7,10-11,16,18,20H,8-9,19H2,1-2H3. The van der Waals surface area contributed by atoms with Crippen molar-refractivity contribution in [3.63, 3.8) is 0 Å². The Hall–Kier alpha value is -1.84. The van der Waals surface area contributed by atoms with Crippen LogP contribution in [0.3, 0.4) is 0 Å². The summed E-state index contributed by atoms with van der Waals surface area (Å²) < 4.78 is 5.79. The molecular weight excluding hydrogens is 260 g/mol. The molecule has 0 radical (unpaired) electrons. The van der Waals surface area contributed by atoms with Crippen molar-refractivity contribution >= 4 is 0 Å². The lowest BCUT2D eigenvalue weighted by Crippen LogP contribution is -2.29. The van der Waals surface area contributed by atoms with Gasteiger partial charge in [-0.3, -0.25) is 5.84 Å². The van der Waals surface area contributed by atoms with E-state index in [1.165, 1.54) is 29.5 Å². The summed E-state index contributed by atoms with van der Waals surface area (Å²) in [5, 5.41) is 0. The minimum atomic E-state index is 0.000532. The third kappa shape index (κ3) is 3.26. The maximum absolute atomic E-state index is 5.79. The van der Waals surface area contributed by atoms with Gasteiger partial charge in [0.05, 0.1) is 12.1 Å². The monoisotopic (exact) mass is 282 g/mol. The van der Waals surface area contributed by atoms with Crippen LogP contribution >= 0.6 is 0 Å². The molecule has 3 nitrogen and oxygen atoms in total. The summed E-state index contributed by atoms with van der Waals surface area (Å²) in [5.74, 6) is 6.73.